The van der Waals surface area contributed by atoms with Crippen molar-refractivity contribution >= 4 is 11.6 Å². The molecule has 3 N–H and O–H groups in total. The number of aliphatic hydroxyl groups is 1. The lowest BCUT2D eigenvalue weighted by Crippen LogP contribution is -2.27. The van der Waals surface area contributed by atoms with E-state index in [-0.39, 0.29) is 18.4 Å². The zero-order valence-electron chi connectivity index (χ0n) is 11.4. The number of amides is 1. The van der Waals surface area contributed by atoms with Gasteiger partial charge in [0.2, 0.25) is 5.91 Å². The van der Waals surface area contributed by atoms with Crippen LogP contribution in [0, 0.1) is 11.8 Å². The van der Waals surface area contributed by atoms with Crippen molar-refractivity contribution in [2.75, 3.05) is 25.0 Å². The molecule has 0 saturated carbocycles. The van der Waals surface area contributed by atoms with Gasteiger partial charge < -0.3 is 15.7 Å². The molecule has 4 heteroatoms. The maximum Gasteiger partial charge on any atom is 0.229 e. The number of aliphatic hydroxyl groups excluding tert-OH is 1. The Labute approximate surface area is 114 Å². The molecule has 0 aliphatic carbocycles. The summed E-state index contributed by atoms with van der Waals surface area (Å²) in [5.41, 5.74) is 1.99. The number of benzene rings is 1. The van der Waals surface area contributed by atoms with E-state index in [9.17, 15) is 4.79 Å². The maximum atomic E-state index is 12.2. The van der Waals surface area contributed by atoms with Gasteiger partial charge in [0.1, 0.15) is 0 Å². The maximum absolute atomic E-state index is 12.2. The van der Waals surface area contributed by atoms with E-state index >= 15 is 0 Å². The monoisotopic (exact) mass is 262 g/mol. The van der Waals surface area contributed by atoms with Crippen LogP contribution in [0.15, 0.2) is 24.3 Å². The molecule has 1 aliphatic rings. The van der Waals surface area contributed by atoms with Crippen LogP contribution in [0.4, 0.5) is 5.69 Å². The van der Waals surface area contributed by atoms with Crippen molar-refractivity contribution in [1.29, 1.82) is 0 Å². The minimum Gasteiger partial charge on any atom is -0.396 e. The van der Waals surface area contributed by atoms with Crippen LogP contribution in [0.25, 0.3) is 0 Å². The average molecular weight is 262 g/mol. The van der Waals surface area contributed by atoms with Crippen LogP contribution >= 0.6 is 0 Å². The first-order chi connectivity index (χ1) is 9.20. The van der Waals surface area contributed by atoms with Gasteiger partial charge in [-0.1, -0.05) is 19.1 Å². The van der Waals surface area contributed by atoms with E-state index in [1.165, 1.54) is 0 Å². The van der Waals surface area contributed by atoms with Crippen LogP contribution in [-0.4, -0.2) is 30.7 Å². The smallest absolute Gasteiger partial charge is 0.229 e. The fraction of sp³-hybridized carbons (Fsp3) is 0.533. The van der Waals surface area contributed by atoms with Crippen LogP contribution in [0.1, 0.15) is 18.9 Å². The summed E-state index contributed by atoms with van der Waals surface area (Å²) in [4.78, 5) is 12.2. The molecule has 4 nitrogen and oxygen atoms in total. The van der Waals surface area contributed by atoms with Crippen molar-refractivity contribution in [3.63, 3.8) is 0 Å². The highest BCUT2D eigenvalue weighted by Gasteiger charge is 2.29. The van der Waals surface area contributed by atoms with E-state index in [0.717, 1.165) is 37.2 Å². The SMILES string of the molecule is C[C@@H]1CNC[C@H]1C(=O)Nc1cccc(CCCO)c1. The van der Waals surface area contributed by atoms with E-state index in [1.807, 2.05) is 24.3 Å². The van der Waals surface area contributed by atoms with Gasteiger partial charge in [-0.25, -0.2) is 0 Å². The van der Waals surface area contributed by atoms with E-state index in [2.05, 4.69) is 17.6 Å². The molecule has 0 spiro atoms. The molecule has 0 radical (unpaired) electrons. The Bertz CT molecular complexity index is 434. The van der Waals surface area contributed by atoms with E-state index in [1.54, 1.807) is 0 Å². The number of aryl methyl sites for hydroxylation is 1. The predicted octanol–water partition coefficient (Wildman–Crippen LogP) is 1.41. The quantitative estimate of drug-likeness (QED) is 0.752. The summed E-state index contributed by atoms with van der Waals surface area (Å²) >= 11 is 0. The molecule has 2 atom stereocenters. The van der Waals surface area contributed by atoms with Crippen LogP contribution < -0.4 is 10.6 Å². The van der Waals surface area contributed by atoms with Crippen molar-refractivity contribution in [2.45, 2.75) is 19.8 Å². The molecule has 1 fully saturated rings. The Balaban J connectivity index is 1.96. The normalized spacial score (nSPS) is 22.4. The van der Waals surface area contributed by atoms with Gasteiger partial charge in [-0.3, -0.25) is 4.79 Å². The molecule has 19 heavy (non-hydrogen) atoms. The molecule has 1 saturated heterocycles. The molecule has 1 aliphatic heterocycles. The summed E-state index contributed by atoms with van der Waals surface area (Å²) in [6.45, 7) is 3.97. The third-order valence-corrected chi connectivity index (χ3v) is 3.67. The summed E-state index contributed by atoms with van der Waals surface area (Å²) in [6, 6.07) is 7.86. The minimum absolute atomic E-state index is 0.0566. The van der Waals surface area contributed by atoms with Gasteiger partial charge in [0.05, 0.1) is 5.92 Å². The van der Waals surface area contributed by atoms with Crippen LogP contribution in [0.2, 0.25) is 0 Å². The summed E-state index contributed by atoms with van der Waals surface area (Å²) in [7, 11) is 0. The van der Waals surface area contributed by atoms with Gasteiger partial charge in [0.15, 0.2) is 0 Å². The summed E-state index contributed by atoms with van der Waals surface area (Å²) < 4.78 is 0. The molecule has 104 valence electrons. The third-order valence-electron chi connectivity index (χ3n) is 3.67. The van der Waals surface area contributed by atoms with Crippen LogP contribution in [-0.2, 0) is 11.2 Å². The Morgan fingerprint density at radius 1 is 1.47 bits per heavy atom. The fourth-order valence-electron chi connectivity index (χ4n) is 2.48. The van der Waals surface area contributed by atoms with Gasteiger partial charge >= 0.3 is 0 Å². The first-order valence-corrected chi connectivity index (χ1v) is 6.92. The van der Waals surface area contributed by atoms with Crippen LogP contribution in [0.5, 0.6) is 0 Å². The number of anilines is 1. The number of carbonyl (C=O) groups is 1. The lowest BCUT2D eigenvalue weighted by atomic mass is 9.97. The van der Waals surface area contributed by atoms with Crippen molar-refractivity contribution in [2.24, 2.45) is 11.8 Å². The molecule has 1 amide bonds. The molecular weight excluding hydrogens is 240 g/mol. The molecule has 1 aromatic carbocycles. The lowest BCUT2D eigenvalue weighted by molar-refractivity contribution is -0.120. The van der Waals surface area contributed by atoms with Gasteiger partial charge in [-0.2, -0.15) is 0 Å². The van der Waals surface area contributed by atoms with Crippen molar-refractivity contribution in [3.8, 4) is 0 Å². The van der Waals surface area contributed by atoms with Gasteiger partial charge in [0.25, 0.3) is 0 Å². The van der Waals surface area contributed by atoms with Crippen molar-refractivity contribution in [1.82, 2.24) is 5.32 Å². The van der Waals surface area contributed by atoms with Gasteiger partial charge in [-0.15, -0.1) is 0 Å². The Morgan fingerprint density at radius 3 is 3.00 bits per heavy atom. The second-order valence-corrected chi connectivity index (χ2v) is 5.26. The second-order valence-electron chi connectivity index (χ2n) is 5.26. The largest absolute Gasteiger partial charge is 0.396 e. The molecule has 0 aromatic heterocycles. The number of hydrogen-bond donors (Lipinski definition) is 3. The Hall–Kier alpha value is -1.39. The third kappa shape index (κ3) is 3.78. The average Bonchev–Trinajstić information content (AvgIpc) is 2.83. The van der Waals surface area contributed by atoms with E-state index in [4.69, 9.17) is 5.11 Å². The highest BCUT2D eigenvalue weighted by Crippen LogP contribution is 2.19. The standard InChI is InChI=1S/C15H22N2O2/c1-11-9-16-10-14(11)15(19)17-13-6-2-4-12(8-13)5-3-7-18/h2,4,6,8,11,14,16,18H,3,5,7,9-10H2,1H3,(H,17,19)/t11-,14-/m1/s1. The van der Waals surface area contributed by atoms with Crippen LogP contribution in [0.3, 0.4) is 0 Å². The van der Waals surface area contributed by atoms with E-state index < -0.39 is 0 Å². The van der Waals surface area contributed by atoms with Gasteiger partial charge in [0, 0.05) is 18.8 Å². The topological polar surface area (TPSA) is 61.4 Å². The molecule has 2 rings (SSSR count). The molecule has 1 aromatic rings. The zero-order chi connectivity index (χ0) is 13.7. The predicted molar refractivity (Wildman–Crippen MR) is 76.0 cm³/mol. The first-order valence-electron chi connectivity index (χ1n) is 6.92. The highest BCUT2D eigenvalue weighted by molar-refractivity contribution is 5.93. The molecular formula is C15H22N2O2. The fourth-order valence-corrected chi connectivity index (χ4v) is 2.48. The first kappa shape index (κ1) is 14.0. The number of rotatable bonds is 5. The molecule has 0 bridgehead atoms. The Morgan fingerprint density at radius 2 is 2.32 bits per heavy atom. The number of carbonyl (C=O) groups excluding carboxylic acids is 1. The summed E-state index contributed by atoms with van der Waals surface area (Å²) in [5, 5.41) is 15.1. The zero-order valence-corrected chi connectivity index (χ0v) is 11.4. The second kappa shape index (κ2) is 6.68. The van der Waals surface area contributed by atoms with Crippen molar-refractivity contribution < 1.29 is 9.90 Å². The van der Waals surface area contributed by atoms with E-state index in [0.29, 0.717) is 5.92 Å². The van der Waals surface area contributed by atoms with Gasteiger partial charge in [-0.05, 0) is 43.0 Å². The summed E-state index contributed by atoms with van der Waals surface area (Å²) in [5.74, 6) is 0.537. The highest BCUT2D eigenvalue weighted by atomic mass is 16.2. The Kier molecular flexibility index (Phi) is 4.93. The van der Waals surface area contributed by atoms with Crippen molar-refractivity contribution in [3.05, 3.63) is 29.8 Å². The summed E-state index contributed by atoms with van der Waals surface area (Å²) in [6.07, 6.45) is 1.59. The molecule has 0 unspecified atom stereocenters. The molecule has 1 heterocycles. The lowest BCUT2D eigenvalue weighted by Gasteiger charge is -2.14. The number of hydrogen-bond acceptors (Lipinski definition) is 3. The minimum atomic E-state index is 0.0566. The number of nitrogens with one attached hydrogen (secondary N) is 2.